The van der Waals surface area contributed by atoms with Crippen molar-refractivity contribution in [1.29, 1.82) is 0 Å². The minimum atomic E-state index is -4.63. The highest BCUT2D eigenvalue weighted by molar-refractivity contribution is 9.13. The van der Waals surface area contributed by atoms with Gasteiger partial charge >= 0.3 is 0 Å². The predicted molar refractivity (Wildman–Crippen MR) is 90.5 cm³/mol. The van der Waals surface area contributed by atoms with Crippen molar-refractivity contribution < 1.29 is 9.47 Å². The maximum Gasteiger partial charge on any atom is 0.163 e. The summed E-state index contributed by atoms with van der Waals surface area (Å²) in [5, 5.41) is -4.31. The minimum Gasteiger partial charge on any atom is -0.348 e. The minimum absolute atomic E-state index is 0.0133. The van der Waals surface area contributed by atoms with Crippen LogP contribution in [0.15, 0.2) is 29.2 Å². The summed E-state index contributed by atoms with van der Waals surface area (Å²) in [5.74, 6) is -0.695. The highest BCUT2D eigenvalue weighted by atomic mass is 36.4. The van der Waals surface area contributed by atoms with Crippen LogP contribution >= 0.6 is 59.5 Å². The number of benzene rings is 1. The first kappa shape index (κ1) is 17.3. The number of hydrogen-bond donors (Lipinski definition) is 0. The number of hydrogen-bond acceptors (Lipinski definition) is 2. The van der Waals surface area contributed by atoms with E-state index in [9.17, 15) is 0 Å². The van der Waals surface area contributed by atoms with Gasteiger partial charge in [-0.1, -0.05) is 23.7 Å². The number of halogens is 5. The fraction of sp³-hybridized carbons (Fsp3) is 0.500. The van der Waals surface area contributed by atoms with E-state index in [4.69, 9.17) is 63.8 Å². The highest BCUT2D eigenvalue weighted by Crippen LogP contribution is 3.09. The first-order chi connectivity index (χ1) is 8.82. The second-order valence-corrected chi connectivity index (χ2v) is 21.8. The molecule has 1 aromatic rings. The molecule has 1 aliphatic rings. The summed E-state index contributed by atoms with van der Waals surface area (Å²) < 4.78 is 11.2. The van der Waals surface area contributed by atoms with Crippen LogP contribution in [0.2, 0.25) is 5.02 Å². The zero-order chi connectivity index (χ0) is 15.3. The summed E-state index contributed by atoms with van der Waals surface area (Å²) >= 11 is 6.15. The Morgan fingerprint density at radius 2 is 1.80 bits per heavy atom. The Kier molecular flexibility index (Phi) is 4.08. The molecular formula is C12H15Cl5O2S. The van der Waals surface area contributed by atoms with Gasteiger partial charge in [-0.25, -0.2) is 0 Å². The third kappa shape index (κ3) is 3.82. The van der Waals surface area contributed by atoms with Gasteiger partial charge in [0.15, 0.2) is 5.79 Å². The zero-order valence-corrected chi connectivity index (χ0v) is 15.5. The Hall–Kier alpha value is 0.940. The van der Waals surface area contributed by atoms with Crippen LogP contribution in [0.3, 0.4) is 0 Å². The van der Waals surface area contributed by atoms with Gasteiger partial charge in [0.25, 0.3) is 0 Å². The molecule has 0 spiro atoms. The van der Waals surface area contributed by atoms with Gasteiger partial charge in [0, 0.05) is 10.6 Å². The topological polar surface area (TPSA) is 18.5 Å². The third-order valence-corrected chi connectivity index (χ3v) is 9.24. The van der Waals surface area contributed by atoms with Crippen molar-refractivity contribution in [3.8, 4) is 0 Å². The van der Waals surface area contributed by atoms with E-state index in [1.807, 2.05) is 0 Å². The van der Waals surface area contributed by atoms with Gasteiger partial charge in [-0.15, -0.1) is 0 Å². The molecule has 1 saturated heterocycles. The van der Waals surface area contributed by atoms with E-state index in [1.54, 1.807) is 38.1 Å². The fourth-order valence-corrected chi connectivity index (χ4v) is 8.63. The molecule has 0 aromatic heterocycles. The highest BCUT2D eigenvalue weighted by Gasteiger charge is 2.59. The number of rotatable bonds is 3. The lowest BCUT2D eigenvalue weighted by Crippen LogP contribution is -2.29. The molecule has 116 valence electrons. The molecule has 0 N–H and O–H groups in total. The summed E-state index contributed by atoms with van der Waals surface area (Å²) in [6, 6.07) is 6.75. The molecule has 1 fully saturated rings. The molecule has 0 bridgehead atoms. The van der Waals surface area contributed by atoms with Gasteiger partial charge in [-0.3, -0.25) is 0 Å². The normalized spacial score (nSPS) is 26.1. The lowest BCUT2D eigenvalue weighted by atomic mass is 10.4. The lowest BCUT2D eigenvalue weighted by Gasteiger charge is -2.58. The second kappa shape index (κ2) is 4.72. The molecule has 0 amide bonds. The Morgan fingerprint density at radius 3 is 2.30 bits per heavy atom. The molecule has 1 aliphatic heterocycles. The molecule has 1 heterocycles. The van der Waals surface area contributed by atoms with E-state index in [1.165, 1.54) is 0 Å². The molecule has 8 heteroatoms. The monoisotopic (exact) mass is 398 g/mol. The molecule has 1 aromatic carbocycles. The van der Waals surface area contributed by atoms with Crippen LogP contribution in [0.1, 0.15) is 13.8 Å². The maximum absolute atomic E-state index is 6.55. The van der Waals surface area contributed by atoms with Crippen molar-refractivity contribution in [2.24, 2.45) is 0 Å². The van der Waals surface area contributed by atoms with Gasteiger partial charge in [0.1, 0.15) is 0 Å². The number of ether oxygens (including phenoxy) is 2. The first-order valence-electron chi connectivity index (χ1n) is 5.88. The maximum atomic E-state index is 6.55. The van der Waals surface area contributed by atoms with Crippen LogP contribution in [-0.2, 0) is 9.47 Å². The molecule has 0 aliphatic carbocycles. The van der Waals surface area contributed by atoms with Crippen LogP contribution in [-0.4, -0.2) is 24.3 Å². The SMILES string of the molecule is CC1(C)OCC(CS(Cl)(Cl)(Cl)(Cl)c2ccccc2Cl)O1. The summed E-state index contributed by atoms with van der Waals surface area (Å²) in [6.07, 6.45) is -0.409. The van der Waals surface area contributed by atoms with Crippen LogP contribution in [0, 0.1) is 0 Å². The molecule has 2 nitrogen and oxygen atoms in total. The largest absolute Gasteiger partial charge is 0.348 e. The van der Waals surface area contributed by atoms with E-state index in [0.717, 1.165) is 0 Å². The van der Waals surface area contributed by atoms with E-state index < -0.39 is 17.0 Å². The standard InChI is InChI=1S/C12H15Cl5O2S/c1-12(2)18-7-9(19-12)8-20(14,15,16,17)11-6-4-3-5-10(11)13/h3-6,9H,7-8H2,1-2H3. The summed E-state index contributed by atoms with van der Waals surface area (Å²) in [6.45, 7) is 3.91. The molecule has 20 heavy (non-hydrogen) atoms. The average molecular weight is 401 g/mol. The van der Waals surface area contributed by atoms with Crippen molar-refractivity contribution in [2.45, 2.75) is 30.6 Å². The summed E-state index contributed by atoms with van der Waals surface area (Å²) in [7, 11) is 26.2. The molecule has 2 rings (SSSR count). The average Bonchev–Trinajstić information content (AvgIpc) is 2.55. The van der Waals surface area contributed by atoms with Crippen LogP contribution in [0.5, 0.6) is 0 Å². The molecule has 0 radical (unpaired) electrons. The third-order valence-electron chi connectivity index (χ3n) is 2.91. The van der Waals surface area contributed by atoms with Gasteiger partial charge in [0.2, 0.25) is 0 Å². The van der Waals surface area contributed by atoms with Crippen LogP contribution in [0.4, 0.5) is 0 Å². The van der Waals surface area contributed by atoms with Crippen molar-refractivity contribution in [1.82, 2.24) is 0 Å². The van der Waals surface area contributed by atoms with Gasteiger partial charge < -0.3 is 9.47 Å². The van der Waals surface area contributed by atoms with E-state index >= 15 is 0 Å². The van der Waals surface area contributed by atoms with Gasteiger partial charge in [0.05, 0.1) is 17.7 Å². The Morgan fingerprint density at radius 1 is 1.20 bits per heavy atom. The van der Waals surface area contributed by atoms with Crippen LogP contribution < -0.4 is 0 Å². The van der Waals surface area contributed by atoms with Gasteiger partial charge in [-0.05, 0) is 73.9 Å². The summed E-state index contributed by atoms with van der Waals surface area (Å²) in [5.41, 5.74) is 0. The predicted octanol–water partition coefficient (Wildman–Crippen LogP) is 6.34. The molecule has 1 atom stereocenters. The van der Waals surface area contributed by atoms with Crippen molar-refractivity contribution in [3.05, 3.63) is 29.3 Å². The Labute approximate surface area is 140 Å². The summed E-state index contributed by atoms with van der Waals surface area (Å²) in [4.78, 5) is 0.314. The van der Waals surface area contributed by atoms with Crippen molar-refractivity contribution in [2.75, 3.05) is 12.4 Å². The lowest BCUT2D eigenvalue weighted by molar-refractivity contribution is -0.135. The first-order valence-corrected chi connectivity index (χ1v) is 12.2. The quantitative estimate of drug-likeness (QED) is 0.589. The molecule has 1 unspecified atom stereocenters. The van der Waals surface area contributed by atoms with Crippen molar-refractivity contribution in [3.63, 3.8) is 0 Å². The molecule has 0 saturated carbocycles. The fourth-order valence-electron chi connectivity index (χ4n) is 2.12. The smallest absolute Gasteiger partial charge is 0.163 e. The second-order valence-electron chi connectivity index (χ2n) is 5.29. The van der Waals surface area contributed by atoms with E-state index in [2.05, 4.69) is 0 Å². The molecular weight excluding hydrogens is 385 g/mol. The van der Waals surface area contributed by atoms with E-state index in [-0.39, 0.29) is 5.75 Å². The van der Waals surface area contributed by atoms with Crippen LogP contribution in [0.25, 0.3) is 0 Å². The van der Waals surface area contributed by atoms with E-state index in [0.29, 0.717) is 16.5 Å². The Balaban J connectivity index is 2.37. The Bertz CT molecular complexity index is 539. The van der Waals surface area contributed by atoms with Gasteiger partial charge in [-0.2, -0.15) is 0 Å². The zero-order valence-electron chi connectivity index (χ0n) is 10.9. The van der Waals surface area contributed by atoms with Crippen molar-refractivity contribution >= 4 is 59.5 Å².